The van der Waals surface area contributed by atoms with E-state index in [9.17, 15) is 87.5 Å². The molecule has 13 atom stereocenters. The van der Waals surface area contributed by atoms with Crippen molar-refractivity contribution >= 4 is 106 Å². The number of hydrogen-bond donors (Lipinski definition) is 26. The van der Waals surface area contributed by atoms with Crippen molar-refractivity contribution in [1.29, 1.82) is 10.8 Å². The van der Waals surface area contributed by atoms with Crippen molar-refractivity contribution in [3.8, 4) is 5.75 Å². The average Bonchev–Trinajstić information content (AvgIpc) is 0.856. The Kier molecular flexibility index (Phi) is 59.6. The molecule has 0 spiro atoms. The number of unbranched alkanes of at least 4 members (excludes halogenated alkanes) is 15. The van der Waals surface area contributed by atoms with Gasteiger partial charge in [-0.3, -0.25) is 77.9 Å². The Bertz CT molecular complexity index is 3420. The zero-order valence-electron chi connectivity index (χ0n) is 73.9. The molecular formula is C83H150N22O18S. The minimum absolute atomic E-state index is 0.00373. The van der Waals surface area contributed by atoms with Crippen molar-refractivity contribution in [2.24, 2.45) is 46.2 Å². The van der Waals surface area contributed by atoms with Crippen LogP contribution in [-0.2, 0) is 73.5 Å². The molecule has 0 aliphatic carbocycles. The van der Waals surface area contributed by atoms with E-state index in [-0.39, 0.29) is 151 Å². The van der Waals surface area contributed by atoms with Crippen molar-refractivity contribution in [1.82, 2.24) is 74.4 Å². The van der Waals surface area contributed by atoms with Gasteiger partial charge in [-0.1, -0.05) is 124 Å². The van der Waals surface area contributed by atoms with Crippen LogP contribution in [0.15, 0.2) is 24.3 Å². The Hall–Kier alpha value is -9.71. The molecular weight excluding hydrogens is 1630 g/mol. The molecule has 1 rings (SSSR count). The molecule has 0 heterocycles. The Morgan fingerprint density at radius 2 is 0.726 bits per heavy atom. The van der Waals surface area contributed by atoms with E-state index in [1.54, 1.807) is 34.0 Å². The third kappa shape index (κ3) is 50.3. The minimum atomic E-state index is -2.06. The third-order valence-electron chi connectivity index (χ3n) is 20.4. The second kappa shape index (κ2) is 65.8. The van der Waals surface area contributed by atoms with Crippen molar-refractivity contribution in [3.63, 3.8) is 0 Å². The first-order valence-corrected chi connectivity index (χ1v) is 45.3. The van der Waals surface area contributed by atoms with Crippen LogP contribution in [0.2, 0.25) is 0 Å². The first-order chi connectivity index (χ1) is 58.9. The van der Waals surface area contributed by atoms with Crippen molar-refractivity contribution < 1.29 is 87.5 Å². The monoisotopic (exact) mass is 1780 g/mol. The number of primary amides is 1. The zero-order valence-corrected chi connectivity index (χ0v) is 74.7. The number of aliphatic carboxylic acids is 1. The molecule has 0 aliphatic heterocycles. The molecule has 706 valence electrons. The van der Waals surface area contributed by atoms with E-state index >= 15 is 0 Å². The fraction of sp³-hybridized carbons (Fsp3) is 0.735. The van der Waals surface area contributed by atoms with E-state index in [1.807, 2.05) is 0 Å². The lowest BCUT2D eigenvalue weighted by atomic mass is 10.0. The summed E-state index contributed by atoms with van der Waals surface area (Å²) in [4.78, 5) is 197. The van der Waals surface area contributed by atoms with Crippen LogP contribution in [-0.4, -0.2) is 245 Å². The molecule has 1 aromatic rings. The molecule has 40 nitrogen and oxygen atoms in total. The highest BCUT2D eigenvalue weighted by molar-refractivity contribution is 7.98. The third-order valence-corrected chi connectivity index (χ3v) is 21.0. The maximum Gasteiger partial charge on any atom is 0.305 e. The van der Waals surface area contributed by atoms with Crippen molar-refractivity contribution in [2.45, 2.75) is 326 Å². The molecule has 0 aliphatic rings. The van der Waals surface area contributed by atoms with Gasteiger partial charge < -0.3 is 129 Å². The van der Waals surface area contributed by atoms with Crippen LogP contribution in [0.5, 0.6) is 5.75 Å². The number of aromatic hydroxyl groups is 1. The van der Waals surface area contributed by atoms with Crippen LogP contribution < -0.4 is 109 Å². The van der Waals surface area contributed by atoms with Gasteiger partial charge in [0.2, 0.25) is 76.8 Å². The number of thioether (sulfide) groups is 1. The van der Waals surface area contributed by atoms with Crippen LogP contribution in [0.3, 0.4) is 0 Å². The SMILES string of the molecule is CCCCCCCCCCCCCCCC(=O)N[C@@H](CCCCN)C(=O)N[C@@H](CCCCN)C(=O)N[C@@H](CC(C)C)C(=O)N[C@@H](CCCNC(=N)N)C(=O)N[C@@H](CO)C(=O)N[C@@H](CCSC)C(=O)N[C@H](C(=O)N[C@@H](CC(=O)O)C(=O)N[C@@H](CCCCN)C(=O)N[C@@H](Cc1ccc(O)cc1)C(=O)N[C@@H](CCCNC(=N)N)C(=O)N[C@@H](CC(C)C)C(N)=O)[C@@H](C)O. The highest BCUT2D eigenvalue weighted by Crippen LogP contribution is 2.18. The largest absolute Gasteiger partial charge is 0.508 e. The summed E-state index contributed by atoms with van der Waals surface area (Å²) in [6.45, 7) is 10.1. The van der Waals surface area contributed by atoms with Gasteiger partial charge in [0.15, 0.2) is 11.9 Å². The average molecular weight is 1780 g/mol. The number of carbonyl (C=O) groups excluding carboxylic acids is 13. The van der Waals surface area contributed by atoms with Crippen molar-refractivity contribution in [2.75, 3.05) is 51.3 Å². The number of carboxylic acids is 1. The van der Waals surface area contributed by atoms with Gasteiger partial charge in [0.25, 0.3) is 0 Å². The second-order valence-electron chi connectivity index (χ2n) is 32.4. The van der Waals surface area contributed by atoms with Gasteiger partial charge in [-0.25, -0.2) is 0 Å². The van der Waals surface area contributed by atoms with Gasteiger partial charge in [-0.15, -0.1) is 0 Å². The number of hydrogen-bond acceptors (Lipinski definition) is 23. The molecule has 0 aromatic heterocycles. The second-order valence-corrected chi connectivity index (χ2v) is 33.3. The standard InChI is InChI=1S/C83H150N22O18S/c1-8-9-10-11-12-13-14-15-16-17-18-19-20-34-67(109)94-56(29-21-24-40-84)71(113)95-57(30-22-25-41-85)73(115)101-63(47-52(4)5)77(119)97-60(33-28-44-93-83(90)91)75(117)104-66(50-106)80(122)99-61(39-45-124-7)76(118)105-69(53(6)107)81(123)103-65(49-68(110)111)79(121)96-58(31-23-26-42-86)74(116)102-64(48-54-35-37-55(108)38-36-54)78(120)98-59(32-27-43-92-82(88)89)72(114)100-62(70(87)112)46-51(2)3/h35-38,51-53,56-66,69,106-108H,8-34,39-50,84-86H2,1-7H3,(H2,87,112)(H,94,109)(H,95,113)(H,96,121)(H,97,119)(H,98,120)(H,99,122)(H,100,114)(H,101,115)(H,102,116)(H,103,123)(H,104,117)(H,105,118)(H,110,111)(H4,88,89,92)(H4,90,91,93)/t53-,56+,57+,58+,59+,60+,61+,62+,63+,64+,65+,66+,69+/m1/s1. The molecule has 0 saturated heterocycles. The summed E-state index contributed by atoms with van der Waals surface area (Å²) in [6, 6.07) is -12.9. The van der Waals surface area contributed by atoms with E-state index in [4.69, 9.17) is 45.2 Å². The lowest BCUT2D eigenvalue weighted by Crippen LogP contribution is -2.62. The highest BCUT2D eigenvalue weighted by atomic mass is 32.2. The molecule has 13 amide bonds. The van der Waals surface area contributed by atoms with Gasteiger partial charge in [0.1, 0.15) is 78.3 Å². The van der Waals surface area contributed by atoms with Crippen molar-refractivity contribution in [3.05, 3.63) is 29.8 Å². The molecule has 0 unspecified atom stereocenters. The molecule has 0 radical (unpaired) electrons. The van der Waals surface area contributed by atoms with E-state index in [1.165, 1.54) is 87.4 Å². The first kappa shape index (κ1) is 112. The first-order valence-electron chi connectivity index (χ1n) is 43.9. The van der Waals surface area contributed by atoms with Crippen LogP contribution in [0.1, 0.15) is 246 Å². The molecule has 0 saturated carbocycles. The number of benzene rings is 1. The predicted octanol–water partition coefficient (Wildman–Crippen LogP) is -0.674. The number of amides is 13. The maximum atomic E-state index is 14.6. The number of phenols is 1. The molecule has 124 heavy (non-hydrogen) atoms. The number of aliphatic hydroxyl groups excluding tert-OH is 2. The van der Waals surface area contributed by atoms with Crippen LogP contribution in [0, 0.1) is 22.7 Å². The number of carboxylic acid groups (broad SMARTS) is 1. The summed E-state index contributed by atoms with van der Waals surface area (Å²) >= 11 is 1.21. The van der Waals surface area contributed by atoms with Crippen LogP contribution in [0.25, 0.3) is 0 Å². The summed E-state index contributed by atoms with van der Waals surface area (Å²) in [6.07, 6.45) is 15.6. The number of guanidine groups is 2. The summed E-state index contributed by atoms with van der Waals surface area (Å²) in [5.74, 6) is -15.0. The van der Waals surface area contributed by atoms with Gasteiger partial charge >= 0.3 is 5.97 Å². The number of phenolic OH excluding ortho intramolecular Hbond substituents is 1. The number of carbonyl (C=O) groups is 14. The Labute approximate surface area is 734 Å². The smallest absolute Gasteiger partial charge is 0.305 e. The molecule has 0 fully saturated rings. The fourth-order valence-corrected chi connectivity index (χ4v) is 13.9. The normalized spacial score (nSPS) is 14.4. The number of nitrogens with two attached hydrogens (primary N) is 6. The number of nitrogens with one attached hydrogen (secondary N) is 16. The predicted molar refractivity (Wildman–Crippen MR) is 474 cm³/mol. The van der Waals surface area contributed by atoms with E-state index in [0.717, 1.165) is 32.6 Å². The van der Waals surface area contributed by atoms with Gasteiger partial charge in [-0.05, 0) is 177 Å². The Balaban J connectivity index is 3.62. The Morgan fingerprint density at radius 1 is 0.395 bits per heavy atom. The minimum Gasteiger partial charge on any atom is -0.508 e. The van der Waals surface area contributed by atoms with Crippen LogP contribution in [0.4, 0.5) is 0 Å². The lowest BCUT2D eigenvalue weighted by Gasteiger charge is -2.29. The van der Waals surface area contributed by atoms with Gasteiger partial charge in [0.05, 0.1) is 19.1 Å². The van der Waals surface area contributed by atoms with E-state index in [0.29, 0.717) is 44.2 Å². The zero-order chi connectivity index (χ0) is 93.1. The molecule has 0 bridgehead atoms. The maximum absolute atomic E-state index is 14.6. The number of aliphatic hydroxyl groups is 2. The topological polar surface area (TPSA) is 692 Å². The molecule has 41 heteroatoms. The van der Waals surface area contributed by atoms with E-state index < -0.39 is 174 Å². The van der Waals surface area contributed by atoms with Gasteiger partial charge in [0, 0.05) is 25.9 Å². The summed E-state index contributed by atoms with van der Waals surface area (Å²) in [5, 5.41) is 93.2. The Morgan fingerprint density at radius 3 is 1.11 bits per heavy atom. The summed E-state index contributed by atoms with van der Waals surface area (Å²) in [5.41, 5.74) is 34.5. The van der Waals surface area contributed by atoms with Crippen LogP contribution >= 0.6 is 11.8 Å². The molecule has 1 aromatic carbocycles. The number of rotatable bonds is 71. The quantitative estimate of drug-likeness (QED) is 0.0218. The highest BCUT2D eigenvalue weighted by Gasteiger charge is 2.39. The lowest BCUT2D eigenvalue weighted by molar-refractivity contribution is -0.142. The van der Waals surface area contributed by atoms with E-state index in [2.05, 4.69) is 81.4 Å². The van der Waals surface area contributed by atoms with Gasteiger partial charge in [-0.2, -0.15) is 11.8 Å². The fourth-order valence-electron chi connectivity index (χ4n) is 13.4. The summed E-state index contributed by atoms with van der Waals surface area (Å²) < 4.78 is 0. The molecule has 32 N–H and O–H groups in total. The summed E-state index contributed by atoms with van der Waals surface area (Å²) in [7, 11) is 0.